The van der Waals surface area contributed by atoms with Crippen LogP contribution in [0.3, 0.4) is 0 Å². The number of halogens is 1. The van der Waals surface area contributed by atoms with Gasteiger partial charge in [-0.1, -0.05) is 37.6 Å². The van der Waals surface area contributed by atoms with Crippen LogP contribution in [0.15, 0.2) is 34.4 Å². The molecule has 3 rings (SSSR count). The van der Waals surface area contributed by atoms with Crippen LogP contribution in [-0.2, 0) is 6.54 Å². The van der Waals surface area contributed by atoms with Crippen LogP contribution >= 0.6 is 22.9 Å². The molecule has 4 nitrogen and oxygen atoms in total. The quantitative estimate of drug-likeness (QED) is 0.732. The van der Waals surface area contributed by atoms with E-state index in [1.54, 1.807) is 0 Å². The van der Waals surface area contributed by atoms with Gasteiger partial charge in [0.25, 0.3) is 5.56 Å². The van der Waals surface area contributed by atoms with E-state index in [4.69, 9.17) is 11.6 Å². The molecular formula is C17H18ClN3OS. The Labute approximate surface area is 143 Å². The van der Waals surface area contributed by atoms with Crippen molar-refractivity contribution in [2.45, 2.75) is 20.4 Å². The molecule has 23 heavy (non-hydrogen) atoms. The summed E-state index contributed by atoms with van der Waals surface area (Å²) in [5.41, 5.74) is 1.71. The molecule has 0 unspecified atom stereocenters. The molecule has 0 radical (unpaired) electrons. The van der Waals surface area contributed by atoms with Gasteiger partial charge >= 0.3 is 0 Å². The summed E-state index contributed by atoms with van der Waals surface area (Å²) < 4.78 is 0. The normalized spacial score (nSPS) is 11.5. The molecule has 0 aliphatic carbocycles. The second-order valence-electron chi connectivity index (χ2n) is 5.88. The van der Waals surface area contributed by atoms with Crippen LogP contribution < -0.4 is 10.9 Å². The lowest BCUT2D eigenvalue weighted by atomic mass is 10.1. The molecule has 2 aromatic heterocycles. The summed E-state index contributed by atoms with van der Waals surface area (Å²) in [4.78, 5) is 20.7. The summed E-state index contributed by atoms with van der Waals surface area (Å²) in [6.07, 6.45) is 0. The van der Waals surface area contributed by atoms with E-state index in [-0.39, 0.29) is 5.56 Å². The minimum atomic E-state index is -0.104. The molecule has 0 bridgehead atoms. The van der Waals surface area contributed by atoms with Crippen molar-refractivity contribution >= 4 is 33.2 Å². The Morgan fingerprint density at radius 1 is 1.39 bits per heavy atom. The third-order valence-corrected chi connectivity index (χ3v) is 4.58. The van der Waals surface area contributed by atoms with Crippen LogP contribution in [0.5, 0.6) is 0 Å². The van der Waals surface area contributed by atoms with Crippen LogP contribution in [0, 0.1) is 5.92 Å². The molecule has 0 aliphatic rings. The Morgan fingerprint density at radius 2 is 2.22 bits per heavy atom. The van der Waals surface area contributed by atoms with E-state index in [1.165, 1.54) is 11.3 Å². The zero-order valence-electron chi connectivity index (χ0n) is 13.0. The van der Waals surface area contributed by atoms with Crippen molar-refractivity contribution in [1.82, 2.24) is 15.3 Å². The Kier molecular flexibility index (Phi) is 4.80. The molecule has 0 saturated carbocycles. The first kappa shape index (κ1) is 16.2. The van der Waals surface area contributed by atoms with Crippen molar-refractivity contribution in [3.05, 3.63) is 50.8 Å². The highest BCUT2D eigenvalue weighted by Gasteiger charge is 2.13. The molecule has 2 N–H and O–H groups in total. The Balaban J connectivity index is 1.97. The first-order valence-electron chi connectivity index (χ1n) is 7.51. The van der Waals surface area contributed by atoms with Crippen molar-refractivity contribution in [2.75, 3.05) is 6.54 Å². The predicted molar refractivity (Wildman–Crippen MR) is 97.2 cm³/mol. The molecule has 0 saturated heterocycles. The van der Waals surface area contributed by atoms with E-state index < -0.39 is 0 Å². The second kappa shape index (κ2) is 6.83. The first-order chi connectivity index (χ1) is 11.0. The fourth-order valence-corrected chi connectivity index (χ4v) is 3.58. The number of H-pyrrole nitrogens is 1. The number of aromatic amines is 1. The van der Waals surface area contributed by atoms with Gasteiger partial charge in [0.05, 0.1) is 11.9 Å². The molecule has 1 aromatic carbocycles. The summed E-state index contributed by atoms with van der Waals surface area (Å²) >= 11 is 7.53. The number of hydrogen-bond acceptors (Lipinski definition) is 4. The Morgan fingerprint density at radius 3 is 2.96 bits per heavy atom. The number of nitrogens with zero attached hydrogens (tertiary/aromatic N) is 1. The van der Waals surface area contributed by atoms with E-state index in [0.717, 1.165) is 22.5 Å². The fourth-order valence-electron chi connectivity index (χ4n) is 2.42. The topological polar surface area (TPSA) is 57.8 Å². The summed E-state index contributed by atoms with van der Waals surface area (Å²) in [6.45, 7) is 5.74. The third-order valence-electron chi connectivity index (χ3n) is 3.47. The minimum Gasteiger partial charge on any atom is -0.310 e. The summed E-state index contributed by atoms with van der Waals surface area (Å²) in [5.74, 6) is 1.23. The summed E-state index contributed by atoms with van der Waals surface area (Å²) in [7, 11) is 0. The van der Waals surface area contributed by atoms with E-state index in [9.17, 15) is 4.79 Å². The van der Waals surface area contributed by atoms with Gasteiger partial charge in [-0.05, 0) is 30.2 Å². The van der Waals surface area contributed by atoms with E-state index >= 15 is 0 Å². The zero-order chi connectivity index (χ0) is 16.4. The smallest absolute Gasteiger partial charge is 0.260 e. The number of aromatic nitrogens is 2. The monoisotopic (exact) mass is 347 g/mol. The maximum atomic E-state index is 12.5. The lowest BCUT2D eigenvalue weighted by Crippen LogP contribution is -2.22. The lowest BCUT2D eigenvalue weighted by Gasteiger charge is -2.07. The van der Waals surface area contributed by atoms with Crippen LogP contribution in [0.25, 0.3) is 21.3 Å². The van der Waals surface area contributed by atoms with Gasteiger partial charge in [-0.25, -0.2) is 4.98 Å². The van der Waals surface area contributed by atoms with Crippen molar-refractivity contribution < 1.29 is 0 Å². The number of fused-ring (bicyclic) bond motifs is 1. The molecule has 0 atom stereocenters. The molecule has 3 aromatic rings. The molecule has 0 amide bonds. The van der Waals surface area contributed by atoms with Gasteiger partial charge in [-0.2, -0.15) is 0 Å². The highest BCUT2D eigenvalue weighted by molar-refractivity contribution is 7.17. The van der Waals surface area contributed by atoms with Crippen molar-refractivity contribution in [3.8, 4) is 11.1 Å². The van der Waals surface area contributed by atoms with Gasteiger partial charge in [-0.15, -0.1) is 11.3 Å². The van der Waals surface area contributed by atoms with E-state index in [1.807, 2.05) is 29.6 Å². The Hall–Kier alpha value is -1.69. The average molecular weight is 348 g/mol. The lowest BCUT2D eigenvalue weighted by molar-refractivity contribution is 0.543. The maximum absolute atomic E-state index is 12.5. The molecular weight excluding hydrogens is 330 g/mol. The van der Waals surface area contributed by atoms with Crippen LogP contribution in [0.1, 0.15) is 19.7 Å². The van der Waals surface area contributed by atoms with Gasteiger partial charge in [0.1, 0.15) is 10.7 Å². The number of thiophene rings is 1. The average Bonchev–Trinajstić information content (AvgIpc) is 2.91. The van der Waals surface area contributed by atoms with E-state index in [2.05, 4.69) is 29.1 Å². The molecule has 120 valence electrons. The zero-order valence-corrected chi connectivity index (χ0v) is 14.6. The highest BCUT2D eigenvalue weighted by Crippen LogP contribution is 2.31. The number of hydrogen-bond donors (Lipinski definition) is 2. The van der Waals surface area contributed by atoms with Crippen molar-refractivity contribution in [3.63, 3.8) is 0 Å². The standard InChI is InChI=1S/C17H18ClN3OS/c1-10(2)7-19-8-14-20-16(22)15-13(9-23-17(15)21-14)11-4-3-5-12(18)6-11/h3-6,9-10,19H,7-8H2,1-2H3,(H,20,21,22). The molecule has 0 fully saturated rings. The van der Waals surface area contributed by atoms with Gasteiger partial charge in [-0.3, -0.25) is 4.79 Å². The van der Waals surface area contributed by atoms with Crippen molar-refractivity contribution in [1.29, 1.82) is 0 Å². The van der Waals surface area contributed by atoms with Gasteiger partial charge in [0, 0.05) is 16.0 Å². The Bertz CT molecular complexity index is 885. The molecule has 0 aliphatic heterocycles. The number of nitrogens with one attached hydrogen (secondary N) is 2. The molecule has 2 heterocycles. The first-order valence-corrected chi connectivity index (χ1v) is 8.77. The minimum absolute atomic E-state index is 0.104. The second-order valence-corrected chi connectivity index (χ2v) is 7.17. The third kappa shape index (κ3) is 3.63. The molecule has 6 heteroatoms. The van der Waals surface area contributed by atoms with Crippen LogP contribution in [0.2, 0.25) is 5.02 Å². The SMILES string of the molecule is CC(C)CNCc1nc2scc(-c3cccc(Cl)c3)c2c(=O)[nH]1. The highest BCUT2D eigenvalue weighted by atomic mass is 35.5. The largest absolute Gasteiger partial charge is 0.310 e. The predicted octanol–water partition coefficient (Wildman–Crippen LogP) is 4.05. The maximum Gasteiger partial charge on any atom is 0.260 e. The van der Waals surface area contributed by atoms with Crippen LogP contribution in [-0.4, -0.2) is 16.5 Å². The number of benzene rings is 1. The van der Waals surface area contributed by atoms with Gasteiger partial charge in [0.2, 0.25) is 0 Å². The van der Waals surface area contributed by atoms with Gasteiger partial charge < -0.3 is 10.3 Å². The summed E-state index contributed by atoms with van der Waals surface area (Å²) in [6, 6.07) is 7.51. The van der Waals surface area contributed by atoms with E-state index in [0.29, 0.717) is 28.7 Å². The number of rotatable bonds is 5. The van der Waals surface area contributed by atoms with Crippen molar-refractivity contribution in [2.24, 2.45) is 5.92 Å². The molecule has 0 spiro atoms. The van der Waals surface area contributed by atoms with Gasteiger partial charge in [0.15, 0.2) is 0 Å². The fraction of sp³-hybridized carbons (Fsp3) is 0.294. The van der Waals surface area contributed by atoms with Crippen LogP contribution in [0.4, 0.5) is 0 Å². The summed E-state index contributed by atoms with van der Waals surface area (Å²) in [5, 5.41) is 6.54.